The minimum atomic E-state index is 0.367. The molecular formula is C19H14Cl2N4. The number of hydrogen-bond donors (Lipinski definition) is 1. The van der Waals surface area contributed by atoms with Crippen molar-refractivity contribution in [2.24, 2.45) is 4.99 Å². The number of nitriles is 1. The van der Waals surface area contributed by atoms with Gasteiger partial charge in [-0.1, -0.05) is 53.0 Å². The number of aromatic nitrogens is 2. The summed E-state index contributed by atoms with van der Waals surface area (Å²) >= 11 is 12.1. The number of halogens is 2. The number of nitrogens with one attached hydrogen (secondary N) is 1. The van der Waals surface area contributed by atoms with Crippen molar-refractivity contribution >= 4 is 35.2 Å². The molecule has 0 aliphatic rings. The van der Waals surface area contributed by atoms with Crippen LogP contribution < -0.4 is 0 Å². The lowest BCUT2D eigenvalue weighted by molar-refractivity contribution is 0.993. The Morgan fingerprint density at radius 1 is 1.16 bits per heavy atom. The van der Waals surface area contributed by atoms with Crippen LogP contribution in [0.1, 0.15) is 27.9 Å². The third-order valence-corrected chi connectivity index (χ3v) is 4.09. The zero-order valence-electron chi connectivity index (χ0n) is 13.4. The first-order valence-corrected chi connectivity index (χ1v) is 8.34. The van der Waals surface area contributed by atoms with Gasteiger partial charge in [-0.15, -0.1) is 0 Å². The number of nitrogens with zero attached hydrogens (tertiary/aromatic N) is 3. The molecule has 0 unspecified atom stereocenters. The minimum absolute atomic E-state index is 0.367. The number of aromatic amines is 1. The van der Waals surface area contributed by atoms with Crippen molar-refractivity contribution in [1.29, 1.82) is 5.26 Å². The highest BCUT2D eigenvalue weighted by molar-refractivity contribution is 6.34. The molecular weight excluding hydrogens is 355 g/mol. The van der Waals surface area contributed by atoms with E-state index in [2.05, 4.69) is 21.3 Å². The summed E-state index contributed by atoms with van der Waals surface area (Å²) in [6, 6.07) is 15.4. The first kappa shape index (κ1) is 17.2. The van der Waals surface area contributed by atoms with Crippen LogP contribution in [0.15, 0.2) is 47.5 Å². The Kier molecular flexibility index (Phi) is 5.18. The van der Waals surface area contributed by atoms with E-state index in [4.69, 9.17) is 23.2 Å². The number of H-pyrrole nitrogens is 1. The first-order valence-electron chi connectivity index (χ1n) is 7.58. The number of benzene rings is 2. The van der Waals surface area contributed by atoms with Crippen molar-refractivity contribution in [3.8, 4) is 6.07 Å². The van der Waals surface area contributed by atoms with Gasteiger partial charge in [0.2, 0.25) is 0 Å². The monoisotopic (exact) mass is 368 g/mol. The van der Waals surface area contributed by atoms with Gasteiger partial charge in [0.1, 0.15) is 11.6 Å². The summed E-state index contributed by atoms with van der Waals surface area (Å²) in [7, 11) is 0. The van der Waals surface area contributed by atoms with Crippen LogP contribution in [0, 0.1) is 18.3 Å². The molecule has 0 spiro atoms. The highest BCUT2D eigenvalue weighted by Crippen LogP contribution is 2.24. The van der Waals surface area contributed by atoms with Crippen molar-refractivity contribution in [1.82, 2.24) is 10.2 Å². The van der Waals surface area contributed by atoms with Crippen LogP contribution in [0.5, 0.6) is 0 Å². The zero-order valence-corrected chi connectivity index (χ0v) is 14.9. The predicted octanol–water partition coefficient (Wildman–Crippen LogP) is 5.24. The quantitative estimate of drug-likeness (QED) is 0.640. The van der Waals surface area contributed by atoms with E-state index in [1.165, 1.54) is 5.56 Å². The van der Waals surface area contributed by atoms with Crippen molar-refractivity contribution in [3.63, 3.8) is 0 Å². The molecule has 3 rings (SSSR count). The van der Waals surface area contributed by atoms with Gasteiger partial charge >= 0.3 is 0 Å². The van der Waals surface area contributed by atoms with E-state index in [0.717, 1.165) is 11.1 Å². The molecule has 4 nitrogen and oxygen atoms in total. The Morgan fingerprint density at radius 2 is 1.84 bits per heavy atom. The van der Waals surface area contributed by atoms with Crippen molar-refractivity contribution in [3.05, 3.63) is 80.5 Å². The van der Waals surface area contributed by atoms with E-state index in [1.54, 1.807) is 12.3 Å². The molecule has 0 saturated heterocycles. The van der Waals surface area contributed by atoms with Crippen LogP contribution in [-0.4, -0.2) is 16.4 Å². The molecule has 0 bridgehead atoms. The number of aryl methyl sites for hydroxylation is 1. The minimum Gasteiger partial charge on any atom is -0.279 e. The molecule has 0 atom stereocenters. The van der Waals surface area contributed by atoms with Gasteiger partial charge < -0.3 is 0 Å². The zero-order chi connectivity index (χ0) is 17.8. The van der Waals surface area contributed by atoms with Gasteiger partial charge in [0.25, 0.3) is 0 Å². The van der Waals surface area contributed by atoms with Crippen molar-refractivity contribution < 1.29 is 0 Å². The average Bonchev–Trinajstić information content (AvgIpc) is 2.95. The van der Waals surface area contributed by atoms with Gasteiger partial charge in [0, 0.05) is 22.7 Å². The second-order valence-electron chi connectivity index (χ2n) is 5.64. The molecule has 0 fully saturated rings. The summed E-state index contributed by atoms with van der Waals surface area (Å²) in [4.78, 5) is 4.33. The molecule has 1 heterocycles. The molecule has 0 saturated carbocycles. The van der Waals surface area contributed by atoms with Gasteiger partial charge in [0.15, 0.2) is 5.82 Å². The lowest BCUT2D eigenvalue weighted by atomic mass is 10.1. The summed E-state index contributed by atoms with van der Waals surface area (Å²) < 4.78 is 0. The summed E-state index contributed by atoms with van der Waals surface area (Å²) in [5, 5.41) is 17.6. The maximum absolute atomic E-state index is 9.47. The van der Waals surface area contributed by atoms with Crippen LogP contribution in [0.3, 0.4) is 0 Å². The van der Waals surface area contributed by atoms with E-state index >= 15 is 0 Å². The van der Waals surface area contributed by atoms with Crippen LogP contribution in [0.25, 0.3) is 0 Å². The van der Waals surface area contributed by atoms with E-state index < -0.39 is 0 Å². The molecule has 0 aliphatic carbocycles. The molecule has 1 aromatic heterocycles. The van der Waals surface area contributed by atoms with Crippen LogP contribution >= 0.6 is 23.2 Å². The highest BCUT2D eigenvalue weighted by Gasteiger charge is 2.13. The third kappa shape index (κ3) is 4.27. The Labute approximate surface area is 155 Å². The van der Waals surface area contributed by atoms with Crippen LogP contribution in [0.4, 0.5) is 5.82 Å². The third-order valence-electron chi connectivity index (χ3n) is 3.65. The molecule has 6 heteroatoms. The van der Waals surface area contributed by atoms with Crippen LogP contribution in [-0.2, 0) is 6.42 Å². The molecule has 0 amide bonds. The average molecular weight is 369 g/mol. The molecule has 124 valence electrons. The molecule has 0 radical (unpaired) electrons. The number of aliphatic imine (C=N–C) groups is 1. The molecule has 3 aromatic rings. The largest absolute Gasteiger partial charge is 0.279 e. The standard InChI is InChI=1S/C19H14Cl2N4/c1-12-2-4-13(5-3-12)11-23-19-17(10-22)18(24-25-19)8-14-6-15(20)9-16(21)7-14/h2-7,9,11H,8H2,1H3,(H,24,25). The topological polar surface area (TPSA) is 64.8 Å². The second kappa shape index (κ2) is 7.52. The van der Waals surface area contributed by atoms with E-state index in [-0.39, 0.29) is 0 Å². The lowest BCUT2D eigenvalue weighted by Crippen LogP contribution is -1.92. The lowest BCUT2D eigenvalue weighted by Gasteiger charge is -2.02. The van der Waals surface area contributed by atoms with Gasteiger partial charge in [0.05, 0.1) is 5.69 Å². The smallest absolute Gasteiger partial charge is 0.191 e. The summed E-state index contributed by atoms with van der Waals surface area (Å²) in [6.45, 7) is 2.02. The molecule has 2 aromatic carbocycles. The van der Waals surface area contributed by atoms with Gasteiger partial charge in [-0.05, 0) is 36.2 Å². The molecule has 25 heavy (non-hydrogen) atoms. The fourth-order valence-corrected chi connectivity index (χ4v) is 2.98. The normalized spacial score (nSPS) is 11.0. The Balaban J connectivity index is 1.86. The van der Waals surface area contributed by atoms with E-state index in [1.807, 2.05) is 43.3 Å². The van der Waals surface area contributed by atoms with E-state index in [9.17, 15) is 5.26 Å². The fraction of sp³-hybridized carbons (Fsp3) is 0.105. The molecule has 1 N–H and O–H groups in total. The highest BCUT2D eigenvalue weighted by atomic mass is 35.5. The number of hydrogen-bond acceptors (Lipinski definition) is 3. The van der Waals surface area contributed by atoms with Gasteiger partial charge in [-0.25, -0.2) is 4.99 Å². The fourth-order valence-electron chi connectivity index (χ4n) is 2.41. The Morgan fingerprint density at radius 3 is 2.48 bits per heavy atom. The Hall–Kier alpha value is -2.61. The van der Waals surface area contributed by atoms with Crippen LogP contribution in [0.2, 0.25) is 10.0 Å². The van der Waals surface area contributed by atoms with Gasteiger partial charge in [-0.2, -0.15) is 10.4 Å². The molecule has 0 aliphatic heterocycles. The SMILES string of the molecule is Cc1ccc(C=Nc2n[nH]c(Cc3cc(Cl)cc(Cl)c3)c2C#N)cc1. The van der Waals surface area contributed by atoms with E-state index in [0.29, 0.717) is 33.5 Å². The van der Waals surface area contributed by atoms with Crippen molar-refractivity contribution in [2.45, 2.75) is 13.3 Å². The van der Waals surface area contributed by atoms with Gasteiger partial charge in [-0.3, -0.25) is 5.10 Å². The Bertz CT molecular complexity index is 946. The number of rotatable bonds is 4. The first-order chi connectivity index (χ1) is 12.0. The van der Waals surface area contributed by atoms with Crippen molar-refractivity contribution in [2.75, 3.05) is 0 Å². The second-order valence-corrected chi connectivity index (χ2v) is 6.51. The maximum Gasteiger partial charge on any atom is 0.191 e. The summed E-state index contributed by atoms with van der Waals surface area (Å²) in [5.74, 6) is 0.367. The summed E-state index contributed by atoms with van der Waals surface area (Å²) in [6.07, 6.45) is 2.16. The predicted molar refractivity (Wildman–Crippen MR) is 101 cm³/mol. The summed E-state index contributed by atoms with van der Waals surface area (Å²) in [5.41, 5.74) is 4.11. The maximum atomic E-state index is 9.47.